The van der Waals surface area contributed by atoms with Gasteiger partial charge in [-0.2, -0.15) is 13.8 Å². The first-order valence-corrected chi connectivity index (χ1v) is 60.1. The summed E-state index contributed by atoms with van der Waals surface area (Å²) in [7, 11) is 0. The van der Waals surface area contributed by atoms with Crippen LogP contribution in [-0.4, -0.2) is 186 Å². The molecule has 796 valence electrons. The number of carbonyl (C=O) groups excluding carboxylic acids is 1. The minimum Gasteiger partial charge on any atom is -1.00 e. The molecule has 4 aromatic carbocycles. The van der Waals surface area contributed by atoms with E-state index in [-0.39, 0.29) is 104 Å². The normalized spacial score (nSPS) is 40.3. The number of epoxide rings is 1. The quantitative estimate of drug-likeness (QED) is 0.0543. The summed E-state index contributed by atoms with van der Waals surface area (Å²) in [6.45, 7) is 39.5. The SMILES string of the molecule is C=C1CCOC12CCC1C3CCC4=CC(=O)CCC4=C3[C@@H](c3ccc(-n4ccnc4)cc3)C[C@@]12C.C=C1CCOC12CCC1C3CC[C@@]4(O)CC5(CCC4=C3[C@@H](c3ccc(-n4ccnc4)cc3)C[C@@]12C)OCCO5.C=C1CCOC12CCC1C3CC[C@@]4(O)CC5(CCC4=C3[C@@H](c3ccc(I)cc3)C[C@@]12C)OCCO5.C=C1CCOC12CCC1C3CC[C@@]45CC6(CC[C@@]4(O5)C3=CC[C@@]12C)OCCO6.C[CH-]C.Ic1ccc(I)cc1.[Cl-].[H+].[Mg+2]. The third kappa shape index (κ3) is 17.0. The van der Waals surface area contributed by atoms with Gasteiger partial charge in [-0.15, -0.1) is 0 Å². The first kappa shape index (κ1) is 108. The predicted molar refractivity (Wildman–Crippen MR) is 605 cm³/mol. The number of aliphatic hydroxyl groups is 2. The van der Waals surface area contributed by atoms with E-state index in [1.165, 1.54) is 110 Å². The number of carbonyl (C=O) groups is 1. The van der Waals surface area contributed by atoms with Crippen LogP contribution in [0.15, 0.2) is 240 Å². The smallest absolute Gasteiger partial charge is 1.00 e. The minimum atomic E-state index is -0.846. The molecule has 2 aromatic heterocycles. The Hall–Kier alpha value is -4.64. The van der Waals surface area contributed by atoms with Crippen molar-refractivity contribution in [2.24, 2.45) is 69.0 Å². The van der Waals surface area contributed by atoms with Crippen LogP contribution in [0.3, 0.4) is 0 Å². The van der Waals surface area contributed by atoms with Crippen molar-refractivity contribution in [3.8, 4) is 11.4 Å². The number of allylic oxidation sites excluding steroid dienone is 7. The number of ketones is 1. The van der Waals surface area contributed by atoms with Crippen molar-refractivity contribution < 1.29 is 80.9 Å². The molecule has 16 aliphatic carbocycles. The summed E-state index contributed by atoms with van der Waals surface area (Å²) in [6, 6.07) is 35.7. The van der Waals surface area contributed by atoms with Crippen molar-refractivity contribution in [1.82, 2.24) is 19.1 Å². The van der Waals surface area contributed by atoms with E-state index in [9.17, 15) is 15.0 Å². The average molecular weight is 2400 g/mol. The largest absolute Gasteiger partial charge is 2.00 e. The van der Waals surface area contributed by atoms with Crippen LogP contribution in [0.5, 0.6) is 0 Å². The molecular weight excluding hydrogens is 2250 g/mol. The van der Waals surface area contributed by atoms with E-state index in [0.717, 1.165) is 224 Å². The van der Waals surface area contributed by atoms with Crippen molar-refractivity contribution in [1.29, 1.82) is 0 Å². The molecule has 150 heavy (non-hydrogen) atoms. The van der Waals surface area contributed by atoms with E-state index in [0.29, 0.717) is 111 Å². The van der Waals surface area contributed by atoms with E-state index in [1.54, 1.807) is 16.7 Å². The van der Waals surface area contributed by atoms with Gasteiger partial charge in [0.25, 0.3) is 0 Å². The molecule has 23 heteroatoms. The summed E-state index contributed by atoms with van der Waals surface area (Å²) < 4.78 is 77.7. The predicted octanol–water partition coefficient (Wildman–Crippen LogP) is 23.8. The Morgan fingerprint density at radius 3 is 1.15 bits per heavy atom. The van der Waals surface area contributed by atoms with Gasteiger partial charge in [0.1, 0.15) is 11.2 Å². The molecule has 0 bridgehead atoms. The first-order valence-electron chi connectivity index (χ1n) is 56.8. The molecule has 11 saturated carbocycles. The number of hydrogen-bond acceptors (Lipinski definition) is 16. The number of halogens is 4. The van der Waals surface area contributed by atoms with Gasteiger partial charge in [-0.25, -0.2) is 9.97 Å². The van der Waals surface area contributed by atoms with Gasteiger partial charge in [-0.3, -0.25) is 4.79 Å². The molecule has 24 aliphatic rings. The molecule has 23 atom stereocenters. The van der Waals surface area contributed by atoms with Crippen LogP contribution in [0.25, 0.3) is 11.4 Å². The van der Waals surface area contributed by atoms with Crippen LogP contribution in [0.1, 0.15) is 302 Å². The fourth-order valence-corrected chi connectivity index (χ4v) is 38.5. The van der Waals surface area contributed by atoms with Gasteiger partial charge in [-0.05, 0) is 428 Å². The van der Waals surface area contributed by atoms with Crippen molar-refractivity contribution in [3.63, 3.8) is 0 Å². The topological polar surface area (TPSA) is 198 Å². The summed E-state index contributed by atoms with van der Waals surface area (Å²) in [5.74, 6) is 4.34. The molecule has 2 N–H and O–H groups in total. The Morgan fingerprint density at radius 2 is 0.760 bits per heavy atom. The fourth-order valence-electron chi connectivity index (χ4n) is 37.5. The number of imidazole rings is 2. The van der Waals surface area contributed by atoms with Gasteiger partial charge in [0.15, 0.2) is 23.1 Å². The molecule has 19 fully saturated rings. The molecule has 0 radical (unpaired) electrons. The van der Waals surface area contributed by atoms with E-state index < -0.39 is 22.8 Å². The second kappa shape index (κ2) is 40.6. The van der Waals surface area contributed by atoms with Gasteiger partial charge in [0, 0.05) is 131 Å². The molecule has 8 saturated heterocycles. The van der Waals surface area contributed by atoms with E-state index >= 15 is 0 Å². The van der Waals surface area contributed by atoms with Crippen LogP contribution in [0, 0.1) is 86.1 Å². The zero-order valence-corrected chi connectivity index (χ0v) is 97.9. The Bertz CT molecular complexity index is 6330. The maximum atomic E-state index is 12.3. The summed E-state index contributed by atoms with van der Waals surface area (Å²) in [6.07, 6.45) is 52.9. The Morgan fingerprint density at radius 1 is 0.393 bits per heavy atom. The molecular formula is C127H155ClI3MgN4O14+. The van der Waals surface area contributed by atoms with Crippen LogP contribution in [0.4, 0.5) is 0 Å². The van der Waals surface area contributed by atoms with Crippen molar-refractivity contribution in [2.75, 3.05) is 66.1 Å². The number of fused-ring (bicyclic) bond motifs is 19. The summed E-state index contributed by atoms with van der Waals surface area (Å²) in [4.78, 5) is 20.7. The third-order valence-electron chi connectivity index (χ3n) is 43.9. The van der Waals surface area contributed by atoms with Crippen LogP contribution < -0.4 is 12.4 Å². The fraction of sp³-hybridized carbons (Fsp3) is 0.606. The van der Waals surface area contributed by atoms with E-state index in [1.807, 2.05) is 63.8 Å². The Balaban J connectivity index is 0.000000109. The number of benzene rings is 4. The number of nitrogens with zero attached hydrogens (tertiary/aromatic N) is 4. The second-order valence-electron chi connectivity index (χ2n) is 50.0. The molecule has 10 heterocycles. The van der Waals surface area contributed by atoms with Gasteiger partial charge >= 0.3 is 24.5 Å². The van der Waals surface area contributed by atoms with Gasteiger partial charge < -0.3 is 90.3 Å². The molecule has 6 aromatic rings. The number of rotatable bonds is 5. The van der Waals surface area contributed by atoms with Crippen LogP contribution >= 0.6 is 67.8 Å². The van der Waals surface area contributed by atoms with E-state index in [4.69, 9.17) is 52.1 Å². The molecule has 7 spiro atoms. The maximum absolute atomic E-state index is 12.3. The van der Waals surface area contributed by atoms with Crippen molar-refractivity contribution in [2.45, 2.75) is 346 Å². The average Bonchev–Trinajstić information content (AvgIpc) is 1.48. The van der Waals surface area contributed by atoms with Crippen LogP contribution in [-0.2, 0) is 56.9 Å². The number of ether oxygens (including phenoxy) is 11. The molecule has 30 rings (SSSR count). The summed E-state index contributed by atoms with van der Waals surface area (Å²) >= 11 is 6.99. The number of hydrogen-bond donors (Lipinski definition) is 2. The van der Waals surface area contributed by atoms with Gasteiger partial charge in [0.05, 0.1) is 112 Å². The number of aromatic nitrogens is 4. The second-order valence-corrected chi connectivity index (χ2v) is 53.8. The molecule has 8 aliphatic heterocycles. The molecule has 0 amide bonds. The summed E-state index contributed by atoms with van der Waals surface area (Å²) in [5, 5.41) is 24.4. The standard InChI is InChI=1S/C33H40N2O4.C31H34N2O2.C30H37IO4.C24H32O4.C6H4I2.C3H7.ClH.Mg/c1-22-10-16-39-33(22)13-9-27-25-7-11-31(36)20-32(37-17-18-38-32)12-8-28(31)29(25)26(19-30(27,33)2)23-3-5-24(6-4-23)35-15-14-34-21-35;1-20-12-16-35-31(20)13-11-28-26-9-5-22-17-24(34)8-10-25(22)29(26)27(18-30(28,31)2)21-3-6-23(7-4-21)33-15-14-32-19-33;1-19-10-14-35-30(19)13-9-24-22-7-11-28(32)18-29(33-15-16-34-29)12-8-25(28)26(22)23(17-27(24,30)2)20-3-5-21(31)6-4-20;1-16-6-12-27-23(16)9-5-18-17-3-8-21-15-22(25-13-14-26-22)10-11-24(21,28-21)19(17)4-7-20(18,23)2;7-5-1-2-6(8)4-3-5;1-3-2;;/h3-6,14-15,21,25-27,36H,1,7-13,16-20H2,2H3;3-4,6-7,14-15,17,19,26-28H,1,5,8-13,16,18H2,2H3;3-6,22-24,32H,1,7-18H2,2H3;4,17-18H,1,3,5-15H2,2H3;1-4H;3H,1-2H3;1H;/q;;;;;-1;;+2/t25?,26-,27?,30+,31-,33?;26?,27-,28?,30+,31?;22?,23-,24?,27+,28-,30?;17?,18?,20-,21+,23?,24+;;;;/m1110..../s1. The third-order valence-corrected chi connectivity index (χ3v) is 46.1. The Kier molecular flexibility index (Phi) is 29.3. The zero-order chi connectivity index (χ0) is 102. The van der Waals surface area contributed by atoms with Crippen molar-refractivity contribution >= 4 is 96.6 Å². The van der Waals surface area contributed by atoms with E-state index in [2.05, 4.69) is 244 Å². The van der Waals surface area contributed by atoms with Gasteiger partial charge in [-0.1, -0.05) is 113 Å². The summed E-state index contributed by atoms with van der Waals surface area (Å²) in [5.41, 5.74) is 21.6. The maximum Gasteiger partial charge on any atom is 2.00 e. The van der Waals surface area contributed by atoms with Crippen molar-refractivity contribution in [3.05, 3.63) is 274 Å². The van der Waals surface area contributed by atoms with Crippen LogP contribution in [0.2, 0.25) is 0 Å². The Labute approximate surface area is 954 Å². The first-order chi connectivity index (χ1) is 71.3. The van der Waals surface area contributed by atoms with Gasteiger partial charge in [0.2, 0.25) is 0 Å². The monoisotopic (exact) mass is 2400 g/mol. The molecule has 12 unspecified atom stereocenters. The molecule has 18 nitrogen and oxygen atoms in total. The minimum absolute atomic E-state index is 0. The zero-order valence-electron chi connectivity index (χ0n) is 90.2.